The van der Waals surface area contributed by atoms with E-state index in [0.717, 1.165) is 29.5 Å². The number of carbonyl (C=O) groups excluding carboxylic acids is 1. The molecule has 0 bridgehead atoms. The number of halogens is 1. The zero-order valence-corrected chi connectivity index (χ0v) is 10.5. The molecule has 1 aromatic heterocycles. The molecule has 16 heavy (non-hydrogen) atoms. The molecule has 1 amide bonds. The summed E-state index contributed by atoms with van der Waals surface area (Å²) >= 11 is 3.47. The van der Waals surface area contributed by atoms with Crippen molar-refractivity contribution in [2.75, 3.05) is 18.0 Å². The molecule has 0 spiro atoms. The molecule has 1 fully saturated rings. The van der Waals surface area contributed by atoms with Crippen LogP contribution in [0.15, 0.2) is 22.9 Å². The van der Waals surface area contributed by atoms with E-state index in [0.29, 0.717) is 6.54 Å². The number of rotatable bonds is 2. The molecule has 86 valence electrons. The Kier molecular flexibility index (Phi) is 3.43. The summed E-state index contributed by atoms with van der Waals surface area (Å²) in [4.78, 5) is 17.4. The molecule has 0 radical (unpaired) electrons. The Labute approximate surface area is 103 Å². The zero-order chi connectivity index (χ0) is 11.5. The number of piperidine rings is 1. The lowest BCUT2D eigenvalue weighted by Gasteiger charge is -2.33. The number of nitrogens with two attached hydrogens (primary N) is 1. The standard InChI is InChI=1S/C11H14BrN3O/c12-9-6-14-4-3-10(9)15-5-1-2-8(7-15)11(13)16/h3-4,6,8H,1-2,5,7H2,(H2,13,16). The molecule has 1 aromatic rings. The number of anilines is 1. The first kappa shape index (κ1) is 11.4. The Balaban J connectivity index is 2.16. The fraction of sp³-hybridized carbons (Fsp3) is 0.455. The van der Waals surface area contributed by atoms with Crippen molar-refractivity contribution >= 4 is 27.5 Å². The maximum absolute atomic E-state index is 11.2. The van der Waals surface area contributed by atoms with E-state index in [4.69, 9.17) is 5.73 Å². The lowest BCUT2D eigenvalue weighted by atomic mass is 9.97. The Morgan fingerprint density at radius 2 is 2.44 bits per heavy atom. The Hall–Kier alpha value is -1.10. The molecule has 5 heteroatoms. The quantitative estimate of drug-likeness (QED) is 0.896. The van der Waals surface area contributed by atoms with Gasteiger partial charge in [0, 0.05) is 25.5 Å². The van der Waals surface area contributed by atoms with Gasteiger partial charge in [0.2, 0.25) is 5.91 Å². The lowest BCUT2D eigenvalue weighted by Crippen LogP contribution is -2.41. The molecule has 2 N–H and O–H groups in total. The van der Waals surface area contributed by atoms with Gasteiger partial charge in [-0.3, -0.25) is 9.78 Å². The average molecular weight is 284 g/mol. The van der Waals surface area contributed by atoms with Crippen LogP contribution >= 0.6 is 15.9 Å². The zero-order valence-electron chi connectivity index (χ0n) is 8.90. The summed E-state index contributed by atoms with van der Waals surface area (Å²) in [5.41, 5.74) is 6.44. The maximum atomic E-state index is 11.2. The monoisotopic (exact) mass is 283 g/mol. The summed E-state index contributed by atoms with van der Waals surface area (Å²) in [5.74, 6) is -0.233. The number of nitrogens with zero attached hydrogens (tertiary/aromatic N) is 2. The van der Waals surface area contributed by atoms with Crippen LogP contribution in [0.1, 0.15) is 12.8 Å². The van der Waals surface area contributed by atoms with Crippen molar-refractivity contribution in [3.05, 3.63) is 22.9 Å². The minimum Gasteiger partial charge on any atom is -0.370 e. The lowest BCUT2D eigenvalue weighted by molar-refractivity contribution is -0.122. The number of hydrogen-bond acceptors (Lipinski definition) is 3. The smallest absolute Gasteiger partial charge is 0.222 e. The Morgan fingerprint density at radius 1 is 1.62 bits per heavy atom. The Bertz CT molecular complexity index is 397. The van der Waals surface area contributed by atoms with Gasteiger partial charge < -0.3 is 10.6 Å². The Morgan fingerprint density at radius 3 is 3.12 bits per heavy atom. The predicted molar refractivity (Wildman–Crippen MR) is 66.1 cm³/mol. The van der Waals surface area contributed by atoms with Gasteiger partial charge in [0.15, 0.2) is 0 Å². The van der Waals surface area contributed by atoms with Gasteiger partial charge in [0.25, 0.3) is 0 Å². The van der Waals surface area contributed by atoms with Crippen LogP contribution in [0.4, 0.5) is 5.69 Å². The van der Waals surface area contributed by atoms with Crippen LogP contribution in [0.2, 0.25) is 0 Å². The van der Waals surface area contributed by atoms with E-state index >= 15 is 0 Å². The largest absolute Gasteiger partial charge is 0.370 e. The molecule has 1 unspecified atom stereocenters. The van der Waals surface area contributed by atoms with Gasteiger partial charge in [0.05, 0.1) is 16.1 Å². The second-order valence-electron chi connectivity index (χ2n) is 4.01. The van der Waals surface area contributed by atoms with E-state index in [1.165, 1.54) is 0 Å². The van der Waals surface area contributed by atoms with E-state index in [1.807, 2.05) is 6.07 Å². The minimum absolute atomic E-state index is 0.0335. The van der Waals surface area contributed by atoms with E-state index < -0.39 is 0 Å². The summed E-state index contributed by atoms with van der Waals surface area (Å²) in [7, 11) is 0. The summed E-state index contributed by atoms with van der Waals surface area (Å²) in [6.07, 6.45) is 5.42. The molecule has 4 nitrogen and oxygen atoms in total. The first-order valence-corrected chi connectivity index (χ1v) is 6.11. The van der Waals surface area contributed by atoms with Gasteiger partial charge in [-0.1, -0.05) is 0 Å². The summed E-state index contributed by atoms with van der Waals surface area (Å²) in [6, 6.07) is 1.95. The third-order valence-corrected chi connectivity index (χ3v) is 3.53. The van der Waals surface area contributed by atoms with E-state index in [1.54, 1.807) is 12.4 Å². The van der Waals surface area contributed by atoms with Crippen molar-refractivity contribution in [3.63, 3.8) is 0 Å². The molecule has 0 saturated carbocycles. The van der Waals surface area contributed by atoms with Gasteiger partial charge in [-0.2, -0.15) is 0 Å². The van der Waals surface area contributed by atoms with Crippen LogP contribution in [0, 0.1) is 5.92 Å². The van der Waals surface area contributed by atoms with Crippen LogP contribution in [-0.2, 0) is 4.79 Å². The van der Waals surface area contributed by atoms with E-state index in [-0.39, 0.29) is 11.8 Å². The molecule has 1 atom stereocenters. The van der Waals surface area contributed by atoms with Crippen molar-refractivity contribution in [1.82, 2.24) is 4.98 Å². The minimum atomic E-state index is -0.199. The second-order valence-corrected chi connectivity index (χ2v) is 4.87. The van der Waals surface area contributed by atoms with Gasteiger partial charge in [-0.05, 0) is 34.8 Å². The predicted octanol–water partition coefficient (Wildman–Crippen LogP) is 1.55. The van der Waals surface area contributed by atoms with Crippen LogP contribution < -0.4 is 10.6 Å². The molecule has 2 heterocycles. The van der Waals surface area contributed by atoms with Crippen LogP contribution in [0.5, 0.6) is 0 Å². The van der Waals surface area contributed by atoms with Gasteiger partial charge in [0.1, 0.15) is 0 Å². The van der Waals surface area contributed by atoms with Crippen molar-refractivity contribution in [2.24, 2.45) is 11.7 Å². The number of amides is 1. The fourth-order valence-corrected chi connectivity index (χ4v) is 2.55. The van der Waals surface area contributed by atoms with Crippen LogP contribution in [0.3, 0.4) is 0 Å². The highest BCUT2D eigenvalue weighted by molar-refractivity contribution is 9.10. The highest BCUT2D eigenvalue weighted by Crippen LogP contribution is 2.28. The van der Waals surface area contributed by atoms with Gasteiger partial charge in [-0.25, -0.2) is 0 Å². The van der Waals surface area contributed by atoms with Gasteiger partial charge >= 0.3 is 0 Å². The van der Waals surface area contributed by atoms with Crippen molar-refractivity contribution in [3.8, 4) is 0 Å². The number of primary amides is 1. The van der Waals surface area contributed by atoms with Crippen LogP contribution in [0.25, 0.3) is 0 Å². The summed E-state index contributed by atoms with van der Waals surface area (Å²) in [5, 5.41) is 0. The first-order chi connectivity index (χ1) is 7.68. The highest BCUT2D eigenvalue weighted by Gasteiger charge is 2.24. The fourth-order valence-electron chi connectivity index (χ4n) is 2.05. The number of aromatic nitrogens is 1. The van der Waals surface area contributed by atoms with E-state index in [2.05, 4.69) is 25.8 Å². The van der Waals surface area contributed by atoms with Gasteiger partial charge in [-0.15, -0.1) is 0 Å². The number of hydrogen-bond donors (Lipinski definition) is 1. The molecular weight excluding hydrogens is 270 g/mol. The maximum Gasteiger partial charge on any atom is 0.222 e. The van der Waals surface area contributed by atoms with Crippen molar-refractivity contribution < 1.29 is 4.79 Å². The second kappa shape index (κ2) is 4.82. The third-order valence-electron chi connectivity index (χ3n) is 2.92. The molecule has 1 aliphatic rings. The molecule has 1 aliphatic heterocycles. The summed E-state index contributed by atoms with van der Waals surface area (Å²) in [6.45, 7) is 1.67. The molecular formula is C11H14BrN3O. The molecule has 0 aliphatic carbocycles. The molecule has 1 saturated heterocycles. The first-order valence-electron chi connectivity index (χ1n) is 5.32. The van der Waals surface area contributed by atoms with Crippen molar-refractivity contribution in [2.45, 2.75) is 12.8 Å². The van der Waals surface area contributed by atoms with E-state index in [9.17, 15) is 4.79 Å². The normalized spacial score (nSPS) is 20.8. The third kappa shape index (κ3) is 2.35. The molecule has 2 rings (SSSR count). The van der Waals surface area contributed by atoms with Crippen LogP contribution in [-0.4, -0.2) is 24.0 Å². The summed E-state index contributed by atoms with van der Waals surface area (Å²) < 4.78 is 0.958. The average Bonchev–Trinajstić information content (AvgIpc) is 2.30. The molecule has 0 aromatic carbocycles. The van der Waals surface area contributed by atoms with Crippen molar-refractivity contribution in [1.29, 1.82) is 0 Å². The number of pyridine rings is 1. The number of carbonyl (C=O) groups is 1. The highest BCUT2D eigenvalue weighted by atomic mass is 79.9. The topological polar surface area (TPSA) is 59.2 Å². The SMILES string of the molecule is NC(=O)C1CCCN(c2ccncc2Br)C1.